The largest absolute Gasteiger partial charge is 0.341 e. The number of amides is 2. The van der Waals surface area contributed by atoms with Gasteiger partial charge in [0.25, 0.3) is 0 Å². The van der Waals surface area contributed by atoms with Crippen molar-refractivity contribution in [3.8, 4) is 0 Å². The zero-order valence-electron chi connectivity index (χ0n) is 13.4. The molecule has 3 atom stereocenters. The summed E-state index contributed by atoms with van der Waals surface area (Å²) in [6, 6.07) is 0. The number of carbonyl (C=O) groups is 2. The summed E-state index contributed by atoms with van der Waals surface area (Å²) in [6.45, 7) is 6.97. The average molecular weight is 292 g/mol. The second kappa shape index (κ2) is 5.98. The Morgan fingerprint density at radius 1 is 0.952 bits per heavy atom. The van der Waals surface area contributed by atoms with Gasteiger partial charge in [-0.2, -0.15) is 0 Å². The van der Waals surface area contributed by atoms with Crippen LogP contribution in [0.15, 0.2) is 0 Å². The second-order valence-corrected chi connectivity index (χ2v) is 7.44. The van der Waals surface area contributed by atoms with Gasteiger partial charge in [-0.05, 0) is 37.5 Å². The highest BCUT2D eigenvalue weighted by Gasteiger charge is 2.44. The highest BCUT2D eigenvalue weighted by atomic mass is 16.2. The van der Waals surface area contributed by atoms with Gasteiger partial charge in [-0.15, -0.1) is 0 Å². The van der Waals surface area contributed by atoms with Crippen LogP contribution in [-0.2, 0) is 9.59 Å². The van der Waals surface area contributed by atoms with E-state index in [0.717, 1.165) is 38.4 Å². The van der Waals surface area contributed by atoms with Gasteiger partial charge < -0.3 is 9.80 Å². The maximum absolute atomic E-state index is 12.8. The van der Waals surface area contributed by atoms with Crippen molar-refractivity contribution >= 4 is 11.8 Å². The van der Waals surface area contributed by atoms with E-state index in [9.17, 15) is 9.59 Å². The molecule has 0 unspecified atom stereocenters. The monoisotopic (exact) mass is 292 g/mol. The predicted octanol–water partition coefficient (Wildman–Crippen LogP) is 2.14. The first kappa shape index (κ1) is 14.9. The van der Waals surface area contributed by atoms with Crippen LogP contribution >= 0.6 is 0 Å². The molecule has 0 spiro atoms. The first-order valence-electron chi connectivity index (χ1n) is 8.64. The van der Waals surface area contributed by atoms with Gasteiger partial charge >= 0.3 is 0 Å². The Morgan fingerprint density at radius 2 is 1.67 bits per heavy atom. The fourth-order valence-electron chi connectivity index (χ4n) is 4.51. The van der Waals surface area contributed by atoms with Crippen LogP contribution in [0.25, 0.3) is 0 Å². The van der Waals surface area contributed by atoms with E-state index in [-0.39, 0.29) is 17.7 Å². The Kier molecular flexibility index (Phi) is 4.23. The van der Waals surface area contributed by atoms with Gasteiger partial charge in [0.1, 0.15) is 0 Å². The quantitative estimate of drug-likeness (QED) is 0.782. The van der Waals surface area contributed by atoms with E-state index in [1.54, 1.807) is 0 Å². The molecule has 1 saturated heterocycles. The summed E-state index contributed by atoms with van der Waals surface area (Å²) in [6.07, 6.45) is 5.92. The number of hydrogen-bond donors (Lipinski definition) is 0. The van der Waals surface area contributed by atoms with Gasteiger partial charge in [-0.1, -0.05) is 20.3 Å². The van der Waals surface area contributed by atoms with Gasteiger partial charge in [-0.3, -0.25) is 9.59 Å². The Hall–Kier alpha value is -1.06. The smallest absolute Gasteiger partial charge is 0.226 e. The van der Waals surface area contributed by atoms with E-state index in [2.05, 4.69) is 0 Å². The van der Waals surface area contributed by atoms with Crippen molar-refractivity contribution in [2.45, 2.75) is 46.0 Å². The highest BCUT2D eigenvalue weighted by molar-refractivity contribution is 5.80. The van der Waals surface area contributed by atoms with Crippen LogP contribution in [-0.4, -0.2) is 47.8 Å². The molecule has 0 aromatic rings. The number of rotatable bonds is 2. The lowest BCUT2D eigenvalue weighted by molar-refractivity contribution is -0.138. The molecule has 2 saturated carbocycles. The maximum atomic E-state index is 12.8. The summed E-state index contributed by atoms with van der Waals surface area (Å²) >= 11 is 0. The minimum Gasteiger partial charge on any atom is -0.341 e. The van der Waals surface area contributed by atoms with Crippen molar-refractivity contribution in [3.63, 3.8) is 0 Å². The molecular weight excluding hydrogens is 264 g/mol. The molecular formula is C17H28N2O2. The SMILES string of the molecule is CC(C)C(=O)N1CCCN(C(=O)[C@H]2C[C@H]3CC[C@H]2C3)CC1. The molecule has 0 aromatic heterocycles. The van der Waals surface area contributed by atoms with Gasteiger partial charge in [0.05, 0.1) is 0 Å². The predicted molar refractivity (Wildman–Crippen MR) is 81.6 cm³/mol. The molecule has 118 valence electrons. The lowest BCUT2D eigenvalue weighted by Crippen LogP contribution is -2.41. The number of carbonyl (C=O) groups excluding carboxylic acids is 2. The molecule has 1 heterocycles. The second-order valence-electron chi connectivity index (χ2n) is 7.44. The van der Waals surface area contributed by atoms with Crippen molar-refractivity contribution in [1.29, 1.82) is 0 Å². The van der Waals surface area contributed by atoms with Crippen molar-refractivity contribution in [3.05, 3.63) is 0 Å². The van der Waals surface area contributed by atoms with Crippen molar-refractivity contribution in [2.24, 2.45) is 23.7 Å². The van der Waals surface area contributed by atoms with Crippen LogP contribution in [0.3, 0.4) is 0 Å². The van der Waals surface area contributed by atoms with Gasteiger partial charge in [0.2, 0.25) is 11.8 Å². The molecule has 1 aliphatic heterocycles. The molecule has 21 heavy (non-hydrogen) atoms. The summed E-state index contributed by atoms with van der Waals surface area (Å²) in [5.74, 6) is 2.41. The fourth-order valence-corrected chi connectivity index (χ4v) is 4.51. The molecule has 3 aliphatic rings. The molecule has 3 rings (SSSR count). The van der Waals surface area contributed by atoms with E-state index in [1.807, 2.05) is 23.6 Å². The molecule has 3 fully saturated rings. The Bertz CT molecular complexity index is 421. The summed E-state index contributed by atoms with van der Waals surface area (Å²) in [5.41, 5.74) is 0. The van der Waals surface area contributed by atoms with Gasteiger partial charge in [0, 0.05) is 38.0 Å². The van der Waals surface area contributed by atoms with Crippen molar-refractivity contribution in [2.75, 3.05) is 26.2 Å². The summed E-state index contributed by atoms with van der Waals surface area (Å²) < 4.78 is 0. The molecule has 0 N–H and O–H groups in total. The Labute approximate surface area is 127 Å². The van der Waals surface area contributed by atoms with Crippen molar-refractivity contribution in [1.82, 2.24) is 9.80 Å². The molecule has 0 aromatic carbocycles. The van der Waals surface area contributed by atoms with E-state index in [4.69, 9.17) is 0 Å². The van der Waals surface area contributed by atoms with Crippen LogP contribution < -0.4 is 0 Å². The minimum absolute atomic E-state index is 0.0535. The zero-order chi connectivity index (χ0) is 15.0. The van der Waals surface area contributed by atoms with E-state index < -0.39 is 0 Å². The number of hydrogen-bond acceptors (Lipinski definition) is 2. The third-order valence-corrected chi connectivity index (χ3v) is 5.67. The molecule has 4 heteroatoms. The van der Waals surface area contributed by atoms with Crippen LogP contribution in [0.5, 0.6) is 0 Å². The topological polar surface area (TPSA) is 40.6 Å². The maximum Gasteiger partial charge on any atom is 0.226 e. The molecule has 2 amide bonds. The third-order valence-electron chi connectivity index (χ3n) is 5.67. The molecule has 4 nitrogen and oxygen atoms in total. The summed E-state index contributed by atoms with van der Waals surface area (Å²) in [5, 5.41) is 0. The average Bonchev–Trinajstić information content (AvgIpc) is 3.01. The summed E-state index contributed by atoms with van der Waals surface area (Å²) in [4.78, 5) is 28.9. The lowest BCUT2D eigenvalue weighted by atomic mass is 9.87. The summed E-state index contributed by atoms with van der Waals surface area (Å²) in [7, 11) is 0. The van der Waals surface area contributed by atoms with Crippen molar-refractivity contribution < 1.29 is 9.59 Å². The fraction of sp³-hybridized carbons (Fsp3) is 0.882. The minimum atomic E-state index is 0.0535. The van der Waals surface area contributed by atoms with E-state index >= 15 is 0 Å². The van der Waals surface area contributed by atoms with Gasteiger partial charge in [0.15, 0.2) is 0 Å². The normalized spacial score (nSPS) is 32.6. The van der Waals surface area contributed by atoms with Crippen LogP contribution in [0, 0.1) is 23.7 Å². The highest BCUT2D eigenvalue weighted by Crippen LogP contribution is 2.48. The molecule has 2 aliphatic carbocycles. The molecule has 2 bridgehead atoms. The third kappa shape index (κ3) is 2.95. The van der Waals surface area contributed by atoms with Crippen LogP contribution in [0.4, 0.5) is 0 Å². The first-order valence-corrected chi connectivity index (χ1v) is 8.64. The van der Waals surface area contributed by atoms with E-state index in [0.29, 0.717) is 18.4 Å². The van der Waals surface area contributed by atoms with Crippen LogP contribution in [0.2, 0.25) is 0 Å². The standard InChI is InChI=1S/C17H28N2O2/c1-12(2)16(20)18-6-3-7-19(9-8-18)17(21)15-11-13-4-5-14(15)10-13/h12-15H,3-11H2,1-2H3/t13-,14-,15-/m0/s1. The number of fused-ring (bicyclic) bond motifs is 2. The van der Waals surface area contributed by atoms with E-state index in [1.165, 1.54) is 19.3 Å². The Morgan fingerprint density at radius 3 is 2.29 bits per heavy atom. The zero-order valence-corrected chi connectivity index (χ0v) is 13.4. The Balaban J connectivity index is 1.57. The lowest BCUT2D eigenvalue weighted by Gasteiger charge is -2.28. The van der Waals surface area contributed by atoms with Gasteiger partial charge in [-0.25, -0.2) is 0 Å². The van der Waals surface area contributed by atoms with Crippen LogP contribution in [0.1, 0.15) is 46.0 Å². The first-order chi connectivity index (χ1) is 10.1. The number of nitrogens with zero attached hydrogens (tertiary/aromatic N) is 2. The molecule has 0 radical (unpaired) electrons.